The van der Waals surface area contributed by atoms with Gasteiger partial charge in [-0.15, -0.1) is 11.3 Å². The Hall–Kier alpha value is -1.62. The van der Waals surface area contributed by atoms with E-state index in [9.17, 15) is 4.79 Å². The van der Waals surface area contributed by atoms with E-state index in [1.54, 1.807) is 11.3 Å². The van der Waals surface area contributed by atoms with E-state index in [1.165, 1.54) is 11.8 Å². The SMILES string of the molecule is CC(=O)c1[nH]nc2c1oc1sc(C)cc12. The highest BCUT2D eigenvalue weighted by molar-refractivity contribution is 7.18. The highest BCUT2D eigenvalue weighted by Gasteiger charge is 2.18. The van der Waals surface area contributed by atoms with Crippen molar-refractivity contribution in [1.82, 2.24) is 10.2 Å². The Morgan fingerprint density at radius 3 is 3.13 bits per heavy atom. The Labute approximate surface area is 88.9 Å². The third-order valence-electron chi connectivity index (χ3n) is 2.34. The standard InChI is InChI=1S/C10H8N2O2S/c1-4-3-6-8-9(14-10(6)15-4)7(5(2)13)11-12-8/h3H,1-2H3,(H,11,12). The minimum Gasteiger partial charge on any atom is -0.441 e. The van der Waals surface area contributed by atoms with Gasteiger partial charge in [0.15, 0.2) is 16.3 Å². The number of aromatic amines is 1. The number of aryl methyl sites for hydroxylation is 1. The summed E-state index contributed by atoms with van der Waals surface area (Å²) in [5.41, 5.74) is 1.77. The normalized spacial score (nSPS) is 11.6. The number of thiophene rings is 1. The number of nitrogens with one attached hydrogen (secondary N) is 1. The molecule has 0 amide bonds. The Balaban J connectivity index is 2.46. The molecule has 0 aliphatic carbocycles. The summed E-state index contributed by atoms with van der Waals surface area (Å²) in [6.07, 6.45) is 0. The molecule has 15 heavy (non-hydrogen) atoms. The van der Waals surface area contributed by atoms with Gasteiger partial charge in [-0.3, -0.25) is 9.89 Å². The summed E-state index contributed by atoms with van der Waals surface area (Å²) in [5, 5.41) is 7.80. The number of hydrogen-bond acceptors (Lipinski definition) is 4. The Morgan fingerprint density at radius 1 is 1.60 bits per heavy atom. The molecule has 5 heteroatoms. The average Bonchev–Trinajstić information content (AvgIpc) is 2.73. The molecule has 3 rings (SSSR count). The zero-order valence-corrected chi connectivity index (χ0v) is 9.07. The Kier molecular flexibility index (Phi) is 1.56. The fraction of sp³-hybridized carbons (Fsp3) is 0.200. The van der Waals surface area contributed by atoms with E-state index < -0.39 is 0 Å². The molecule has 0 atom stereocenters. The van der Waals surface area contributed by atoms with E-state index in [-0.39, 0.29) is 5.78 Å². The largest absolute Gasteiger partial charge is 0.441 e. The lowest BCUT2D eigenvalue weighted by atomic mass is 10.2. The minimum atomic E-state index is -0.0596. The number of carbonyl (C=O) groups excluding carboxylic acids is 1. The van der Waals surface area contributed by atoms with Gasteiger partial charge in [-0.1, -0.05) is 0 Å². The van der Waals surface area contributed by atoms with Crippen molar-refractivity contribution in [2.45, 2.75) is 13.8 Å². The van der Waals surface area contributed by atoms with Crippen LogP contribution in [0.15, 0.2) is 10.5 Å². The Bertz CT molecular complexity index is 674. The number of fused-ring (bicyclic) bond motifs is 3. The molecule has 3 heterocycles. The fourth-order valence-electron chi connectivity index (χ4n) is 1.68. The maximum Gasteiger partial charge on any atom is 0.191 e. The lowest BCUT2D eigenvalue weighted by Crippen LogP contribution is -1.91. The summed E-state index contributed by atoms with van der Waals surface area (Å²) in [6, 6.07) is 2.02. The van der Waals surface area contributed by atoms with Crippen molar-refractivity contribution in [1.29, 1.82) is 0 Å². The van der Waals surface area contributed by atoms with Crippen LogP contribution in [0.1, 0.15) is 22.3 Å². The average molecular weight is 220 g/mol. The number of carbonyl (C=O) groups is 1. The van der Waals surface area contributed by atoms with E-state index in [0.29, 0.717) is 11.3 Å². The molecular formula is C10H8N2O2S. The highest BCUT2D eigenvalue weighted by atomic mass is 32.1. The molecule has 0 aliphatic rings. The molecule has 0 unspecified atom stereocenters. The Morgan fingerprint density at radius 2 is 2.40 bits per heavy atom. The number of hydrogen-bond donors (Lipinski definition) is 1. The minimum absolute atomic E-state index is 0.0596. The summed E-state index contributed by atoms with van der Waals surface area (Å²) in [6.45, 7) is 3.51. The molecule has 0 aliphatic heterocycles. The van der Waals surface area contributed by atoms with Crippen molar-refractivity contribution in [3.8, 4) is 0 Å². The van der Waals surface area contributed by atoms with E-state index in [0.717, 1.165) is 15.8 Å². The summed E-state index contributed by atoms with van der Waals surface area (Å²) < 4.78 is 5.61. The molecule has 3 aromatic heterocycles. The van der Waals surface area contributed by atoms with Crippen LogP contribution in [0.2, 0.25) is 0 Å². The highest BCUT2D eigenvalue weighted by Crippen LogP contribution is 2.34. The summed E-state index contributed by atoms with van der Waals surface area (Å²) >= 11 is 1.57. The quantitative estimate of drug-likeness (QED) is 0.641. The first-order chi connectivity index (χ1) is 7.16. The van der Waals surface area contributed by atoms with Crippen molar-refractivity contribution >= 4 is 38.5 Å². The van der Waals surface area contributed by atoms with Gasteiger partial charge in [-0.25, -0.2) is 0 Å². The van der Waals surface area contributed by atoms with Crippen LogP contribution in [0.3, 0.4) is 0 Å². The van der Waals surface area contributed by atoms with E-state index >= 15 is 0 Å². The van der Waals surface area contributed by atoms with Gasteiger partial charge in [0.1, 0.15) is 11.2 Å². The first-order valence-corrected chi connectivity index (χ1v) is 5.36. The van der Waals surface area contributed by atoms with Gasteiger partial charge in [0.25, 0.3) is 0 Å². The van der Waals surface area contributed by atoms with Crippen molar-refractivity contribution in [3.63, 3.8) is 0 Å². The molecule has 0 radical (unpaired) electrons. The van der Waals surface area contributed by atoms with Gasteiger partial charge in [0, 0.05) is 11.8 Å². The molecule has 0 saturated carbocycles. The maximum absolute atomic E-state index is 11.3. The molecule has 0 saturated heterocycles. The van der Waals surface area contributed by atoms with Gasteiger partial charge in [0.2, 0.25) is 0 Å². The first-order valence-electron chi connectivity index (χ1n) is 4.55. The zero-order valence-electron chi connectivity index (χ0n) is 8.25. The fourth-order valence-corrected chi connectivity index (χ4v) is 2.54. The van der Waals surface area contributed by atoms with E-state index in [1.807, 2.05) is 13.0 Å². The van der Waals surface area contributed by atoms with Crippen LogP contribution in [0.25, 0.3) is 21.4 Å². The zero-order chi connectivity index (χ0) is 10.6. The number of rotatable bonds is 1. The topological polar surface area (TPSA) is 58.9 Å². The summed E-state index contributed by atoms with van der Waals surface area (Å²) in [7, 11) is 0. The number of furan rings is 1. The summed E-state index contributed by atoms with van der Waals surface area (Å²) in [4.78, 5) is 13.3. The van der Waals surface area contributed by atoms with Crippen molar-refractivity contribution in [3.05, 3.63) is 16.6 Å². The predicted octanol–water partition coefficient (Wildman–Crippen LogP) is 2.88. The van der Waals surface area contributed by atoms with Crippen LogP contribution >= 0.6 is 11.3 Å². The second kappa shape index (κ2) is 2.70. The molecule has 0 aromatic carbocycles. The van der Waals surface area contributed by atoms with Gasteiger partial charge >= 0.3 is 0 Å². The molecule has 0 bridgehead atoms. The number of Topliss-reactive ketones (excluding diaryl/α,β-unsaturated/α-hetero) is 1. The third kappa shape index (κ3) is 1.07. The molecule has 4 nitrogen and oxygen atoms in total. The molecule has 1 N–H and O–H groups in total. The molecular weight excluding hydrogens is 212 g/mol. The number of H-pyrrole nitrogens is 1. The van der Waals surface area contributed by atoms with Crippen molar-refractivity contribution in [2.75, 3.05) is 0 Å². The van der Waals surface area contributed by atoms with Gasteiger partial charge in [0.05, 0.1) is 5.39 Å². The van der Waals surface area contributed by atoms with Gasteiger partial charge in [-0.2, -0.15) is 5.10 Å². The van der Waals surface area contributed by atoms with E-state index in [4.69, 9.17) is 4.42 Å². The van der Waals surface area contributed by atoms with E-state index in [2.05, 4.69) is 10.2 Å². The second-order valence-corrected chi connectivity index (χ2v) is 4.71. The van der Waals surface area contributed by atoms with Crippen LogP contribution in [0, 0.1) is 6.92 Å². The van der Waals surface area contributed by atoms with Crippen LogP contribution in [-0.4, -0.2) is 16.0 Å². The van der Waals surface area contributed by atoms with Crippen LogP contribution in [0.5, 0.6) is 0 Å². The lowest BCUT2D eigenvalue weighted by Gasteiger charge is -1.85. The first kappa shape index (κ1) is 8.67. The predicted molar refractivity (Wildman–Crippen MR) is 58.5 cm³/mol. The monoisotopic (exact) mass is 220 g/mol. The number of aromatic nitrogens is 2. The smallest absolute Gasteiger partial charge is 0.191 e. The molecule has 3 aromatic rings. The maximum atomic E-state index is 11.3. The molecule has 0 fully saturated rings. The third-order valence-corrected chi connectivity index (χ3v) is 3.27. The van der Waals surface area contributed by atoms with Gasteiger partial charge < -0.3 is 4.42 Å². The number of nitrogens with zero attached hydrogens (tertiary/aromatic N) is 1. The second-order valence-electron chi connectivity index (χ2n) is 3.49. The van der Waals surface area contributed by atoms with Gasteiger partial charge in [-0.05, 0) is 13.0 Å². The number of ketones is 1. The van der Waals surface area contributed by atoms with Crippen molar-refractivity contribution < 1.29 is 9.21 Å². The van der Waals surface area contributed by atoms with Crippen molar-refractivity contribution in [2.24, 2.45) is 0 Å². The van der Waals surface area contributed by atoms with Crippen LogP contribution < -0.4 is 0 Å². The van der Waals surface area contributed by atoms with Crippen LogP contribution in [-0.2, 0) is 0 Å². The molecule has 0 spiro atoms. The molecule has 76 valence electrons. The lowest BCUT2D eigenvalue weighted by molar-refractivity contribution is 0.101. The summed E-state index contributed by atoms with van der Waals surface area (Å²) in [5.74, 6) is -0.0596. The van der Waals surface area contributed by atoms with Crippen LogP contribution in [0.4, 0.5) is 0 Å².